The smallest absolute Gasteiger partial charge is 0.222 e. The number of hydrogen-bond acceptors (Lipinski definition) is 3. The van der Waals surface area contributed by atoms with E-state index in [0.717, 1.165) is 6.42 Å². The molecule has 1 aliphatic carbocycles. The van der Waals surface area contributed by atoms with E-state index in [4.69, 9.17) is 10.5 Å². The summed E-state index contributed by atoms with van der Waals surface area (Å²) < 4.78 is 5.10. The fraction of sp³-hybridized carbons (Fsp3) is 0.917. The van der Waals surface area contributed by atoms with Crippen LogP contribution in [0.2, 0.25) is 0 Å². The lowest BCUT2D eigenvalue weighted by Gasteiger charge is -2.29. The number of nitrogens with two attached hydrogens (primary N) is 1. The van der Waals surface area contributed by atoms with Gasteiger partial charge in [0.15, 0.2) is 0 Å². The highest BCUT2D eigenvalue weighted by atomic mass is 16.5. The number of hydrogen-bond donors (Lipinski definition) is 2. The summed E-state index contributed by atoms with van der Waals surface area (Å²) in [5.41, 5.74) is 5.49. The minimum Gasteiger partial charge on any atom is -0.380 e. The van der Waals surface area contributed by atoms with Gasteiger partial charge in [-0.3, -0.25) is 4.79 Å². The summed E-state index contributed by atoms with van der Waals surface area (Å²) in [6.07, 6.45) is 5.05. The van der Waals surface area contributed by atoms with Crippen LogP contribution in [0.15, 0.2) is 0 Å². The fourth-order valence-corrected chi connectivity index (χ4v) is 2.27. The van der Waals surface area contributed by atoms with Crippen molar-refractivity contribution in [3.8, 4) is 0 Å². The highest BCUT2D eigenvalue weighted by Gasteiger charge is 2.23. The molecule has 0 spiro atoms. The van der Waals surface area contributed by atoms with Gasteiger partial charge in [-0.05, 0) is 18.8 Å². The molecular weight excluding hydrogens is 204 g/mol. The molecule has 1 amide bonds. The molecule has 0 aromatic rings. The molecule has 3 atom stereocenters. The molecule has 0 bridgehead atoms. The number of nitrogens with one attached hydrogen (secondary N) is 1. The summed E-state index contributed by atoms with van der Waals surface area (Å²) >= 11 is 0. The van der Waals surface area contributed by atoms with Crippen LogP contribution < -0.4 is 11.1 Å². The summed E-state index contributed by atoms with van der Waals surface area (Å²) in [5, 5.41) is 3.09. The molecule has 3 unspecified atom stereocenters. The number of carbonyl (C=O) groups is 1. The Morgan fingerprint density at radius 1 is 1.50 bits per heavy atom. The van der Waals surface area contributed by atoms with Crippen molar-refractivity contribution >= 4 is 5.91 Å². The third kappa shape index (κ3) is 4.10. The maximum Gasteiger partial charge on any atom is 0.222 e. The molecule has 0 aromatic carbocycles. The van der Waals surface area contributed by atoms with E-state index in [1.54, 1.807) is 7.11 Å². The van der Waals surface area contributed by atoms with Crippen molar-refractivity contribution in [2.75, 3.05) is 13.7 Å². The topological polar surface area (TPSA) is 64.3 Å². The van der Waals surface area contributed by atoms with Gasteiger partial charge in [0.25, 0.3) is 0 Å². The predicted octanol–water partition coefficient (Wildman–Crippen LogP) is 1.05. The van der Waals surface area contributed by atoms with Gasteiger partial charge < -0.3 is 15.8 Å². The minimum absolute atomic E-state index is 0.0658. The van der Waals surface area contributed by atoms with E-state index in [1.807, 2.05) is 0 Å². The standard InChI is InChI=1S/C12H24N2O2/c1-9-5-3-4-6-11(9)14-12(15)7-10(8-13)16-2/h9-11H,3-8,13H2,1-2H3,(H,14,15). The monoisotopic (exact) mass is 228 g/mol. The van der Waals surface area contributed by atoms with E-state index < -0.39 is 0 Å². The maximum absolute atomic E-state index is 11.7. The first-order valence-corrected chi connectivity index (χ1v) is 6.19. The molecule has 0 heterocycles. The SMILES string of the molecule is COC(CN)CC(=O)NC1CCCCC1C. The Morgan fingerprint density at radius 2 is 2.19 bits per heavy atom. The van der Waals surface area contributed by atoms with Gasteiger partial charge in [-0.25, -0.2) is 0 Å². The average Bonchev–Trinajstić information content (AvgIpc) is 2.29. The van der Waals surface area contributed by atoms with E-state index >= 15 is 0 Å². The Balaban J connectivity index is 2.32. The minimum atomic E-state index is -0.154. The fourth-order valence-electron chi connectivity index (χ4n) is 2.27. The van der Waals surface area contributed by atoms with Crippen LogP contribution in [0.4, 0.5) is 0 Å². The zero-order valence-corrected chi connectivity index (χ0v) is 10.4. The van der Waals surface area contributed by atoms with Crippen LogP contribution in [0.3, 0.4) is 0 Å². The highest BCUT2D eigenvalue weighted by molar-refractivity contribution is 5.76. The van der Waals surface area contributed by atoms with Crippen molar-refractivity contribution < 1.29 is 9.53 Å². The molecule has 16 heavy (non-hydrogen) atoms. The van der Waals surface area contributed by atoms with E-state index in [9.17, 15) is 4.79 Å². The van der Waals surface area contributed by atoms with Gasteiger partial charge in [0.1, 0.15) is 0 Å². The predicted molar refractivity (Wildman–Crippen MR) is 64.0 cm³/mol. The van der Waals surface area contributed by atoms with Gasteiger partial charge in [-0.1, -0.05) is 19.8 Å². The van der Waals surface area contributed by atoms with Crippen LogP contribution in [0.1, 0.15) is 39.0 Å². The molecule has 0 radical (unpaired) electrons. The van der Waals surface area contributed by atoms with Crippen molar-refractivity contribution in [3.63, 3.8) is 0 Å². The van der Waals surface area contributed by atoms with Gasteiger partial charge >= 0.3 is 0 Å². The van der Waals surface area contributed by atoms with Crippen LogP contribution in [0, 0.1) is 5.92 Å². The van der Waals surface area contributed by atoms with Crippen molar-refractivity contribution in [2.45, 2.75) is 51.2 Å². The Kier molecular flexibility index (Phi) is 5.77. The molecule has 0 aromatic heterocycles. The van der Waals surface area contributed by atoms with Gasteiger partial charge in [-0.2, -0.15) is 0 Å². The van der Waals surface area contributed by atoms with Crippen LogP contribution >= 0.6 is 0 Å². The normalized spacial score (nSPS) is 27.4. The first-order chi connectivity index (χ1) is 7.67. The number of rotatable bonds is 5. The highest BCUT2D eigenvalue weighted by Crippen LogP contribution is 2.23. The molecule has 94 valence electrons. The molecule has 4 heteroatoms. The van der Waals surface area contributed by atoms with E-state index in [-0.39, 0.29) is 12.0 Å². The maximum atomic E-state index is 11.7. The number of methoxy groups -OCH3 is 1. The lowest BCUT2D eigenvalue weighted by atomic mass is 9.86. The molecule has 1 fully saturated rings. The summed E-state index contributed by atoms with van der Waals surface area (Å²) in [6.45, 7) is 2.60. The van der Waals surface area contributed by atoms with Gasteiger partial charge in [0, 0.05) is 19.7 Å². The summed E-state index contributed by atoms with van der Waals surface area (Å²) in [6, 6.07) is 0.344. The lowest BCUT2D eigenvalue weighted by molar-refractivity contribution is -0.124. The third-order valence-electron chi connectivity index (χ3n) is 3.47. The van der Waals surface area contributed by atoms with Gasteiger partial charge in [0.2, 0.25) is 5.91 Å². The Labute approximate surface area is 97.9 Å². The number of amides is 1. The van der Waals surface area contributed by atoms with Gasteiger partial charge in [-0.15, -0.1) is 0 Å². The zero-order chi connectivity index (χ0) is 12.0. The first-order valence-electron chi connectivity index (χ1n) is 6.19. The Bertz CT molecular complexity index is 217. The Morgan fingerprint density at radius 3 is 2.75 bits per heavy atom. The molecular formula is C12H24N2O2. The average molecular weight is 228 g/mol. The molecule has 1 rings (SSSR count). The lowest BCUT2D eigenvalue weighted by Crippen LogP contribution is -2.43. The third-order valence-corrected chi connectivity index (χ3v) is 3.47. The summed E-state index contributed by atoms with van der Waals surface area (Å²) in [7, 11) is 1.59. The molecule has 0 aliphatic heterocycles. The van der Waals surface area contributed by atoms with Crippen LogP contribution in [-0.4, -0.2) is 31.7 Å². The van der Waals surface area contributed by atoms with Crippen molar-refractivity contribution in [1.29, 1.82) is 0 Å². The molecule has 4 nitrogen and oxygen atoms in total. The number of carbonyl (C=O) groups excluding carboxylic acids is 1. The van der Waals surface area contributed by atoms with Crippen molar-refractivity contribution in [2.24, 2.45) is 11.7 Å². The van der Waals surface area contributed by atoms with E-state index in [1.165, 1.54) is 19.3 Å². The Hall–Kier alpha value is -0.610. The quantitative estimate of drug-likeness (QED) is 0.739. The molecule has 0 saturated heterocycles. The molecule has 1 saturated carbocycles. The largest absolute Gasteiger partial charge is 0.380 e. The van der Waals surface area contributed by atoms with E-state index in [2.05, 4.69) is 12.2 Å². The van der Waals surface area contributed by atoms with Crippen LogP contribution in [-0.2, 0) is 9.53 Å². The first kappa shape index (κ1) is 13.5. The van der Waals surface area contributed by atoms with E-state index in [0.29, 0.717) is 24.9 Å². The second kappa shape index (κ2) is 6.86. The summed E-state index contributed by atoms with van der Waals surface area (Å²) in [4.78, 5) is 11.7. The molecule has 1 aliphatic rings. The second-order valence-corrected chi connectivity index (χ2v) is 4.73. The summed E-state index contributed by atoms with van der Waals surface area (Å²) in [5.74, 6) is 0.660. The van der Waals surface area contributed by atoms with Crippen LogP contribution in [0.5, 0.6) is 0 Å². The second-order valence-electron chi connectivity index (χ2n) is 4.73. The number of ether oxygens (including phenoxy) is 1. The van der Waals surface area contributed by atoms with Crippen molar-refractivity contribution in [1.82, 2.24) is 5.32 Å². The van der Waals surface area contributed by atoms with Crippen LogP contribution in [0.25, 0.3) is 0 Å². The van der Waals surface area contributed by atoms with Gasteiger partial charge in [0.05, 0.1) is 12.5 Å². The molecule has 3 N–H and O–H groups in total. The zero-order valence-electron chi connectivity index (χ0n) is 10.4. The van der Waals surface area contributed by atoms with Crippen molar-refractivity contribution in [3.05, 3.63) is 0 Å².